The second-order valence-electron chi connectivity index (χ2n) is 4.66. The lowest BCUT2D eigenvalue weighted by Crippen LogP contribution is -2.07. The van der Waals surface area contributed by atoms with Gasteiger partial charge in [0.05, 0.1) is 0 Å². The van der Waals surface area contributed by atoms with Gasteiger partial charge in [-0.2, -0.15) is 0 Å². The van der Waals surface area contributed by atoms with Crippen LogP contribution < -0.4 is 14.8 Å². The van der Waals surface area contributed by atoms with Crippen molar-refractivity contribution < 1.29 is 14.3 Å². The van der Waals surface area contributed by atoms with Gasteiger partial charge in [-0.1, -0.05) is 12.1 Å². The third kappa shape index (κ3) is 3.43. The fourth-order valence-corrected chi connectivity index (χ4v) is 2.45. The number of hydrogen-bond donors (Lipinski definition) is 1. The van der Waals surface area contributed by atoms with Crippen molar-refractivity contribution in [3.63, 3.8) is 0 Å². The van der Waals surface area contributed by atoms with E-state index in [4.69, 9.17) is 9.47 Å². The van der Waals surface area contributed by atoms with Crippen molar-refractivity contribution in [1.82, 2.24) is 0 Å². The minimum absolute atomic E-state index is 0.187. The van der Waals surface area contributed by atoms with Crippen LogP contribution in [-0.4, -0.2) is 19.0 Å². The normalized spacial score (nSPS) is 12.6. The summed E-state index contributed by atoms with van der Waals surface area (Å²) >= 11 is 1.69. The molecule has 1 amide bonds. The minimum atomic E-state index is -0.187. The molecule has 0 saturated heterocycles. The molecule has 1 heterocycles. The van der Waals surface area contributed by atoms with E-state index in [0.717, 1.165) is 5.56 Å². The van der Waals surface area contributed by atoms with Crippen LogP contribution in [0.15, 0.2) is 53.4 Å². The highest BCUT2D eigenvalue weighted by molar-refractivity contribution is 7.98. The SMILES string of the molecule is CSc1ccc(C=CC(=O)Nc2ccc3c(c2)OCO3)cc1. The number of nitrogens with one attached hydrogen (secondary N) is 1. The Balaban J connectivity index is 1.63. The molecule has 1 aliphatic rings. The van der Waals surface area contributed by atoms with Gasteiger partial charge in [0.15, 0.2) is 11.5 Å². The van der Waals surface area contributed by atoms with E-state index in [-0.39, 0.29) is 12.7 Å². The minimum Gasteiger partial charge on any atom is -0.454 e. The van der Waals surface area contributed by atoms with Crippen LogP contribution in [-0.2, 0) is 4.79 Å². The lowest BCUT2D eigenvalue weighted by molar-refractivity contribution is -0.111. The fraction of sp³-hybridized carbons (Fsp3) is 0.118. The lowest BCUT2D eigenvalue weighted by Gasteiger charge is -2.03. The van der Waals surface area contributed by atoms with E-state index >= 15 is 0 Å². The van der Waals surface area contributed by atoms with Gasteiger partial charge in [-0.3, -0.25) is 4.79 Å². The molecule has 1 aliphatic heterocycles. The van der Waals surface area contributed by atoms with Crippen LogP contribution in [0, 0.1) is 0 Å². The number of thioether (sulfide) groups is 1. The number of benzene rings is 2. The molecule has 5 heteroatoms. The smallest absolute Gasteiger partial charge is 0.248 e. The molecule has 112 valence electrons. The van der Waals surface area contributed by atoms with Crippen molar-refractivity contribution in [3.05, 3.63) is 54.1 Å². The Hall–Kier alpha value is -2.40. The Morgan fingerprint density at radius 3 is 2.68 bits per heavy atom. The van der Waals surface area contributed by atoms with Gasteiger partial charge in [0.25, 0.3) is 0 Å². The summed E-state index contributed by atoms with van der Waals surface area (Å²) in [5.74, 6) is 1.16. The van der Waals surface area contributed by atoms with Gasteiger partial charge in [-0.15, -0.1) is 11.8 Å². The topological polar surface area (TPSA) is 47.6 Å². The first-order valence-electron chi connectivity index (χ1n) is 6.77. The van der Waals surface area contributed by atoms with Crippen LogP contribution in [0.1, 0.15) is 5.56 Å². The van der Waals surface area contributed by atoms with Crippen LogP contribution in [0.4, 0.5) is 5.69 Å². The number of rotatable bonds is 4. The maximum atomic E-state index is 11.9. The molecule has 2 aromatic carbocycles. The van der Waals surface area contributed by atoms with Crippen LogP contribution in [0.2, 0.25) is 0 Å². The van der Waals surface area contributed by atoms with Gasteiger partial charge in [-0.05, 0) is 42.2 Å². The number of carbonyl (C=O) groups excluding carboxylic acids is 1. The van der Waals surface area contributed by atoms with E-state index in [1.165, 1.54) is 11.0 Å². The molecule has 0 fully saturated rings. The molecular weight excluding hydrogens is 298 g/mol. The zero-order valence-corrected chi connectivity index (χ0v) is 12.9. The van der Waals surface area contributed by atoms with E-state index in [9.17, 15) is 4.79 Å². The quantitative estimate of drug-likeness (QED) is 0.689. The predicted octanol–water partition coefficient (Wildman–Crippen LogP) is 3.79. The molecule has 0 aromatic heterocycles. The first-order valence-corrected chi connectivity index (χ1v) is 8.00. The molecule has 2 aromatic rings. The predicted molar refractivity (Wildman–Crippen MR) is 88.5 cm³/mol. The van der Waals surface area contributed by atoms with Gasteiger partial charge < -0.3 is 14.8 Å². The van der Waals surface area contributed by atoms with E-state index in [1.54, 1.807) is 36.0 Å². The second-order valence-corrected chi connectivity index (χ2v) is 5.54. The molecule has 0 aliphatic carbocycles. The van der Waals surface area contributed by atoms with Crippen molar-refractivity contribution in [2.75, 3.05) is 18.4 Å². The standard InChI is InChI=1S/C17H15NO3S/c1-22-14-6-2-12(3-7-14)4-9-17(19)18-13-5-8-15-16(10-13)21-11-20-15/h2-10H,11H2,1H3,(H,18,19). The molecule has 0 radical (unpaired) electrons. The van der Waals surface area contributed by atoms with Gasteiger partial charge in [0, 0.05) is 22.7 Å². The molecule has 0 bridgehead atoms. The van der Waals surface area contributed by atoms with Crippen LogP contribution in [0.5, 0.6) is 11.5 Å². The van der Waals surface area contributed by atoms with Crippen molar-refractivity contribution in [2.45, 2.75) is 4.90 Å². The summed E-state index contributed by atoms with van der Waals surface area (Å²) in [6, 6.07) is 13.3. The molecule has 0 unspecified atom stereocenters. The molecular formula is C17H15NO3S. The van der Waals surface area contributed by atoms with Crippen LogP contribution >= 0.6 is 11.8 Å². The summed E-state index contributed by atoms with van der Waals surface area (Å²) in [5.41, 5.74) is 1.66. The van der Waals surface area contributed by atoms with Crippen molar-refractivity contribution in [1.29, 1.82) is 0 Å². The van der Waals surface area contributed by atoms with Gasteiger partial charge in [0.1, 0.15) is 0 Å². The number of hydrogen-bond acceptors (Lipinski definition) is 4. The molecule has 0 spiro atoms. The average Bonchev–Trinajstić information content (AvgIpc) is 3.01. The molecule has 0 saturated carbocycles. The van der Waals surface area contributed by atoms with Crippen LogP contribution in [0.25, 0.3) is 6.08 Å². The third-order valence-corrected chi connectivity index (χ3v) is 3.93. The Morgan fingerprint density at radius 1 is 1.14 bits per heavy atom. The molecule has 3 rings (SSSR count). The fourth-order valence-electron chi connectivity index (χ4n) is 2.05. The first kappa shape index (κ1) is 14.5. The molecule has 0 atom stereocenters. The number of fused-ring (bicyclic) bond motifs is 1. The maximum absolute atomic E-state index is 11.9. The number of amides is 1. The number of ether oxygens (including phenoxy) is 2. The zero-order chi connectivity index (χ0) is 15.4. The highest BCUT2D eigenvalue weighted by Crippen LogP contribution is 2.34. The largest absolute Gasteiger partial charge is 0.454 e. The summed E-state index contributed by atoms with van der Waals surface area (Å²) < 4.78 is 10.5. The van der Waals surface area contributed by atoms with E-state index in [0.29, 0.717) is 17.2 Å². The molecule has 4 nitrogen and oxygen atoms in total. The Bertz CT molecular complexity index is 710. The lowest BCUT2D eigenvalue weighted by atomic mass is 10.2. The second kappa shape index (κ2) is 6.58. The maximum Gasteiger partial charge on any atom is 0.248 e. The van der Waals surface area contributed by atoms with E-state index in [2.05, 4.69) is 5.32 Å². The summed E-state index contributed by atoms with van der Waals surface area (Å²) in [6.07, 6.45) is 5.33. The molecule has 22 heavy (non-hydrogen) atoms. The van der Waals surface area contributed by atoms with Gasteiger partial charge in [-0.25, -0.2) is 0 Å². The van der Waals surface area contributed by atoms with Crippen molar-refractivity contribution in [2.24, 2.45) is 0 Å². The van der Waals surface area contributed by atoms with E-state index in [1.807, 2.05) is 30.5 Å². The number of carbonyl (C=O) groups is 1. The van der Waals surface area contributed by atoms with E-state index < -0.39 is 0 Å². The summed E-state index contributed by atoms with van der Waals surface area (Å²) in [5, 5.41) is 2.80. The summed E-state index contributed by atoms with van der Waals surface area (Å²) in [4.78, 5) is 13.1. The monoisotopic (exact) mass is 313 g/mol. The summed E-state index contributed by atoms with van der Waals surface area (Å²) in [7, 11) is 0. The first-order chi connectivity index (χ1) is 10.7. The molecule has 1 N–H and O–H groups in total. The highest BCUT2D eigenvalue weighted by atomic mass is 32.2. The zero-order valence-electron chi connectivity index (χ0n) is 12.0. The third-order valence-electron chi connectivity index (χ3n) is 3.18. The Labute approximate surface area is 133 Å². The Kier molecular flexibility index (Phi) is 4.34. The van der Waals surface area contributed by atoms with Crippen molar-refractivity contribution >= 4 is 29.4 Å². The Morgan fingerprint density at radius 2 is 1.91 bits per heavy atom. The van der Waals surface area contributed by atoms with Gasteiger partial charge in [0.2, 0.25) is 12.7 Å². The van der Waals surface area contributed by atoms with Crippen molar-refractivity contribution in [3.8, 4) is 11.5 Å². The number of anilines is 1. The van der Waals surface area contributed by atoms with Crippen LogP contribution in [0.3, 0.4) is 0 Å². The highest BCUT2D eigenvalue weighted by Gasteiger charge is 2.13. The van der Waals surface area contributed by atoms with Gasteiger partial charge >= 0.3 is 0 Å². The summed E-state index contributed by atoms with van der Waals surface area (Å²) in [6.45, 7) is 0.221. The average molecular weight is 313 g/mol.